The van der Waals surface area contributed by atoms with Crippen molar-refractivity contribution in [1.82, 2.24) is 40.0 Å². The van der Waals surface area contributed by atoms with Crippen LogP contribution in [0.1, 0.15) is 41.9 Å². The first-order chi connectivity index (χ1) is 20.6. The molecule has 0 saturated carbocycles. The first kappa shape index (κ1) is 28.4. The van der Waals surface area contributed by atoms with Gasteiger partial charge in [0.1, 0.15) is 0 Å². The van der Waals surface area contributed by atoms with E-state index in [1.807, 2.05) is 68.6 Å². The molecule has 0 bridgehead atoms. The monoisotopic (exact) mass is 556 g/mol. The number of fused-ring (bicyclic) bond motifs is 1. The summed E-state index contributed by atoms with van der Waals surface area (Å²) in [6, 6.07) is 16.8. The Hall–Kier alpha value is -5.08. The third-order valence-electron chi connectivity index (χ3n) is 6.86. The highest BCUT2D eigenvalue weighted by Crippen LogP contribution is 2.32. The number of imidazole rings is 1. The number of nitrogens with one attached hydrogen (secondary N) is 3. The maximum Gasteiger partial charge on any atom is 0.181 e. The molecule has 0 radical (unpaired) electrons. The topological polar surface area (TPSA) is 100 Å². The predicted octanol–water partition coefficient (Wildman–Crippen LogP) is 7.22. The summed E-state index contributed by atoms with van der Waals surface area (Å²) < 4.78 is 2.01. The SMILES string of the molecule is C=C/C=C(\c1cc(-c2[nH]nc3ncc(-c4cncc(CNCc5ccccc5)c4)cc23)[nH]c1C)n1cnc(C)c1.CC. The van der Waals surface area contributed by atoms with Gasteiger partial charge < -0.3 is 14.9 Å². The molecule has 0 amide bonds. The minimum atomic E-state index is 0.660. The van der Waals surface area contributed by atoms with Gasteiger partial charge in [0.05, 0.1) is 29.1 Å². The smallest absolute Gasteiger partial charge is 0.181 e. The number of H-pyrrole nitrogens is 2. The number of aromatic amines is 2. The van der Waals surface area contributed by atoms with Gasteiger partial charge in [-0.3, -0.25) is 10.1 Å². The summed E-state index contributed by atoms with van der Waals surface area (Å²) in [4.78, 5) is 17.1. The Morgan fingerprint density at radius 1 is 0.952 bits per heavy atom. The molecule has 3 N–H and O–H groups in total. The molecule has 0 fully saturated rings. The minimum Gasteiger partial charge on any atom is -0.357 e. The zero-order valence-corrected chi connectivity index (χ0v) is 24.5. The van der Waals surface area contributed by atoms with E-state index >= 15 is 0 Å². The second kappa shape index (κ2) is 13.1. The van der Waals surface area contributed by atoms with Gasteiger partial charge in [-0.05, 0) is 49.2 Å². The first-order valence-electron chi connectivity index (χ1n) is 14.2. The number of allylic oxidation sites excluding steroid dienone is 2. The maximum absolute atomic E-state index is 4.64. The lowest BCUT2D eigenvalue weighted by molar-refractivity contribution is 0.691. The molecule has 0 spiro atoms. The van der Waals surface area contributed by atoms with Crippen molar-refractivity contribution in [3.05, 3.63) is 126 Å². The molecule has 5 heterocycles. The standard InChI is InChI=1S/C32H30N8.C2H6/c1-4-8-30(40-19-21(2)36-20-40)27-13-29(37-22(27)3)31-28-12-26(18-35-32(28)39-38-31)25-11-24(16-34-17-25)15-33-14-23-9-6-5-7-10-23;1-2/h4-13,16-20,33,37H,1,14-15H2,2-3H3,(H,35,38,39);1-2H3/b30-8+;. The Kier molecular flexibility index (Phi) is 8.84. The molecule has 0 atom stereocenters. The van der Waals surface area contributed by atoms with Crippen molar-refractivity contribution in [2.75, 3.05) is 0 Å². The van der Waals surface area contributed by atoms with Crippen LogP contribution >= 0.6 is 0 Å². The normalized spacial score (nSPS) is 11.4. The van der Waals surface area contributed by atoms with Crippen LogP contribution in [0.5, 0.6) is 0 Å². The van der Waals surface area contributed by atoms with Gasteiger partial charge in [0.25, 0.3) is 0 Å². The molecule has 6 aromatic rings. The van der Waals surface area contributed by atoms with Gasteiger partial charge in [-0.25, -0.2) is 9.97 Å². The van der Waals surface area contributed by atoms with Gasteiger partial charge in [-0.1, -0.05) is 56.8 Å². The van der Waals surface area contributed by atoms with Crippen LogP contribution in [0.25, 0.3) is 39.2 Å². The van der Waals surface area contributed by atoms with Crippen LogP contribution in [0, 0.1) is 13.8 Å². The van der Waals surface area contributed by atoms with E-state index in [0.717, 1.165) is 69.2 Å². The van der Waals surface area contributed by atoms with Crippen LogP contribution in [-0.4, -0.2) is 34.7 Å². The summed E-state index contributed by atoms with van der Waals surface area (Å²) in [5, 5.41) is 12.1. The third kappa shape index (κ3) is 6.14. The molecule has 0 aliphatic heterocycles. The Morgan fingerprint density at radius 3 is 2.50 bits per heavy atom. The molecular weight excluding hydrogens is 520 g/mol. The molecule has 1 aromatic carbocycles. The molecule has 0 aliphatic carbocycles. The van der Waals surface area contributed by atoms with Gasteiger partial charge in [-0.15, -0.1) is 0 Å². The van der Waals surface area contributed by atoms with Crippen molar-refractivity contribution in [2.24, 2.45) is 0 Å². The summed E-state index contributed by atoms with van der Waals surface area (Å²) >= 11 is 0. The van der Waals surface area contributed by atoms with E-state index in [1.54, 1.807) is 6.08 Å². The Labute approximate surface area is 246 Å². The summed E-state index contributed by atoms with van der Waals surface area (Å²) in [6.07, 6.45) is 13.2. The van der Waals surface area contributed by atoms with Crippen LogP contribution in [0.4, 0.5) is 0 Å². The molecule has 0 aliphatic rings. The first-order valence-corrected chi connectivity index (χ1v) is 14.2. The van der Waals surface area contributed by atoms with Gasteiger partial charge >= 0.3 is 0 Å². The molecule has 0 saturated heterocycles. The quantitative estimate of drug-likeness (QED) is 0.163. The molecule has 212 valence electrons. The molecule has 42 heavy (non-hydrogen) atoms. The van der Waals surface area contributed by atoms with E-state index in [2.05, 4.69) is 91.4 Å². The maximum atomic E-state index is 4.64. The number of hydrogen-bond acceptors (Lipinski definition) is 5. The van der Waals surface area contributed by atoms with E-state index in [0.29, 0.717) is 5.65 Å². The summed E-state index contributed by atoms with van der Waals surface area (Å²) in [5.41, 5.74) is 10.9. The van der Waals surface area contributed by atoms with Crippen molar-refractivity contribution in [3.63, 3.8) is 0 Å². The highest BCUT2D eigenvalue weighted by molar-refractivity contribution is 5.93. The molecule has 8 heteroatoms. The summed E-state index contributed by atoms with van der Waals surface area (Å²) in [5.74, 6) is 0. The summed E-state index contributed by atoms with van der Waals surface area (Å²) in [7, 11) is 0. The molecule has 0 unspecified atom stereocenters. The fourth-order valence-electron chi connectivity index (χ4n) is 4.89. The van der Waals surface area contributed by atoms with Crippen LogP contribution in [0.15, 0.2) is 98.4 Å². The average molecular weight is 557 g/mol. The number of aromatic nitrogens is 7. The van der Waals surface area contributed by atoms with Gasteiger partial charge in [0, 0.05) is 65.6 Å². The van der Waals surface area contributed by atoms with Crippen LogP contribution in [-0.2, 0) is 13.1 Å². The fraction of sp³-hybridized carbons (Fsp3) is 0.176. The lowest BCUT2D eigenvalue weighted by Gasteiger charge is -2.07. The summed E-state index contributed by atoms with van der Waals surface area (Å²) in [6.45, 7) is 13.5. The second-order valence-electron chi connectivity index (χ2n) is 9.80. The van der Waals surface area contributed by atoms with E-state index < -0.39 is 0 Å². The van der Waals surface area contributed by atoms with Gasteiger partial charge in [0.2, 0.25) is 0 Å². The van der Waals surface area contributed by atoms with Crippen LogP contribution in [0.3, 0.4) is 0 Å². The van der Waals surface area contributed by atoms with Crippen molar-refractivity contribution in [2.45, 2.75) is 40.8 Å². The van der Waals surface area contributed by atoms with Crippen molar-refractivity contribution in [1.29, 1.82) is 0 Å². The van der Waals surface area contributed by atoms with E-state index in [9.17, 15) is 0 Å². The Balaban J connectivity index is 0.00000173. The van der Waals surface area contributed by atoms with Gasteiger partial charge in [-0.2, -0.15) is 5.10 Å². The molecular formula is C34H36N8. The van der Waals surface area contributed by atoms with Crippen molar-refractivity contribution >= 4 is 16.7 Å². The predicted molar refractivity (Wildman–Crippen MR) is 171 cm³/mol. The molecule has 6 rings (SSSR count). The number of aryl methyl sites for hydroxylation is 2. The minimum absolute atomic E-state index is 0.660. The van der Waals surface area contributed by atoms with Gasteiger partial charge in [0.15, 0.2) is 5.65 Å². The number of nitrogens with zero attached hydrogens (tertiary/aromatic N) is 5. The number of hydrogen-bond donors (Lipinski definition) is 3. The highest BCUT2D eigenvalue weighted by atomic mass is 15.2. The van der Waals surface area contributed by atoms with E-state index in [4.69, 9.17) is 0 Å². The van der Waals surface area contributed by atoms with Crippen LogP contribution < -0.4 is 5.32 Å². The van der Waals surface area contributed by atoms with Crippen LogP contribution in [0.2, 0.25) is 0 Å². The largest absolute Gasteiger partial charge is 0.357 e. The number of benzene rings is 1. The third-order valence-corrected chi connectivity index (χ3v) is 6.86. The number of pyridine rings is 2. The molecule has 8 nitrogen and oxygen atoms in total. The lowest BCUT2D eigenvalue weighted by Crippen LogP contribution is -2.12. The van der Waals surface area contributed by atoms with E-state index in [1.165, 1.54) is 5.56 Å². The lowest BCUT2D eigenvalue weighted by atomic mass is 10.1. The zero-order chi connectivity index (χ0) is 29.5. The number of rotatable bonds is 9. The second-order valence-corrected chi connectivity index (χ2v) is 9.80. The zero-order valence-electron chi connectivity index (χ0n) is 24.5. The molecule has 5 aromatic heterocycles. The average Bonchev–Trinajstić information content (AvgIpc) is 3.75. The Morgan fingerprint density at radius 2 is 1.74 bits per heavy atom. The van der Waals surface area contributed by atoms with E-state index in [-0.39, 0.29) is 0 Å². The Bertz CT molecular complexity index is 1820. The highest BCUT2D eigenvalue weighted by Gasteiger charge is 2.17. The van der Waals surface area contributed by atoms with Crippen molar-refractivity contribution < 1.29 is 0 Å². The van der Waals surface area contributed by atoms with Crippen molar-refractivity contribution in [3.8, 4) is 22.5 Å². The fourth-order valence-corrected chi connectivity index (χ4v) is 4.89.